The molecule has 0 bridgehead atoms. The number of esters is 1. The molecule has 17 heavy (non-hydrogen) atoms. The number of fused-ring (bicyclic) bond motifs is 5. The molecule has 0 aromatic heterocycles. The number of ether oxygens (including phenoxy) is 1. The van der Waals surface area contributed by atoms with Gasteiger partial charge in [-0.2, -0.15) is 0 Å². The van der Waals surface area contributed by atoms with E-state index >= 15 is 0 Å². The zero-order chi connectivity index (χ0) is 12.0. The first-order valence-corrected chi connectivity index (χ1v) is 7.16. The van der Waals surface area contributed by atoms with Gasteiger partial charge in [0.05, 0.1) is 5.92 Å². The summed E-state index contributed by atoms with van der Waals surface area (Å²) in [7, 11) is 0. The summed E-state index contributed by atoms with van der Waals surface area (Å²) in [5.74, 6) is 2.29. The first-order chi connectivity index (χ1) is 7.96. The number of hydrogen-bond acceptors (Lipinski definition) is 2. The van der Waals surface area contributed by atoms with Gasteiger partial charge >= 0.3 is 5.97 Å². The van der Waals surface area contributed by atoms with Gasteiger partial charge in [-0.15, -0.1) is 0 Å². The Morgan fingerprint density at radius 2 is 2.06 bits per heavy atom. The minimum atomic E-state index is 0.0666. The van der Waals surface area contributed by atoms with Gasteiger partial charge in [0.1, 0.15) is 6.10 Å². The Labute approximate surface area is 103 Å². The summed E-state index contributed by atoms with van der Waals surface area (Å²) in [4.78, 5) is 11.8. The normalized spacial score (nSPS) is 63.7. The molecule has 0 spiro atoms. The van der Waals surface area contributed by atoms with Crippen LogP contribution in [0.4, 0.5) is 0 Å². The summed E-state index contributed by atoms with van der Waals surface area (Å²) in [5.41, 5.74) is 0.964. The molecule has 0 radical (unpaired) electrons. The molecule has 0 amide bonds. The Morgan fingerprint density at radius 1 is 1.29 bits per heavy atom. The highest BCUT2D eigenvalue weighted by atomic mass is 16.6. The van der Waals surface area contributed by atoms with Crippen LogP contribution in [0.3, 0.4) is 0 Å². The van der Waals surface area contributed by atoms with Gasteiger partial charge < -0.3 is 4.74 Å². The van der Waals surface area contributed by atoms with Gasteiger partial charge in [0.25, 0.3) is 0 Å². The topological polar surface area (TPSA) is 26.3 Å². The summed E-state index contributed by atoms with van der Waals surface area (Å²) in [6.45, 7) is 6.95. The van der Waals surface area contributed by atoms with Crippen molar-refractivity contribution in [3.8, 4) is 0 Å². The smallest absolute Gasteiger partial charge is 0.309 e. The van der Waals surface area contributed by atoms with Crippen LogP contribution in [0.25, 0.3) is 0 Å². The van der Waals surface area contributed by atoms with Crippen molar-refractivity contribution < 1.29 is 9.53 Å². The molecule has 3 aliphatic carbocycles. The fourth-order valence-corrected chi connectivity index (χ4v) is 5.69. The quantitative estimate of drug-likeness (QED) is 0.602. The summed E-state index contributed by atoms with van der Waals surface area (Å²) >= 11 is 0. The second kappa shape index (κ2) is 2.73. The molecule has 2 nitrogen and oxygen atoms in total. The van der Waals surface area contributed by atoms with Crippen molar-refractivity contribution in [2.75, 3.05) is 0 Å². The summed E-state index contributed by atoms with van der Waals surface area (Å²) < 4.78 is 5.78. The van der Waals surface area contributed by atoms with Crippen molar-refractivity contribution in [2.24, 2.45) is 34.5 Å². The predicted octanol–water partition coefficient (Wildman–Crippen LogP) is 3.01. The molecule has 4 rings (SSSR count). The molecule has 0 unspecified atom stereocenters. The molecule has 0 aromatic carbocycles. The van der Waals surface area contributed by atoms with E-state index in [1.54, 1.807) is 0 Å². The monoisotopic (exact) mass is 234 g/mol. The third-order valence-corrected chi connectivity index (χ3v) is 6.70. The first-order valence-electron chi connectivity index (χ1n) is 7.16. The fraction of sp³-hybridized carbons (Fsp3) is 0.933. The molecule has 94 valence electrons. The third-order valence-electron chi connectivity index (χ3n) is 6.70. The van der Waals surface area contributed by atoms with Gasteiger partial charge in [0.15, 0.2) is 0 Å². The highest BCUT2D eigenvalue weighted by Crippen LogP contribution is 2.76. The van der Waals surface area contributed by atoms with Crippen LogP contribution in [-0.4, -0.2) is 12.1 Å². The Hall–Kier alpha value is -0.530. The van der Waals surface area contributed by atoms with Gasteiger partial charge in [-0.25, -0.2) is 0 Å². The molecule has 0 aromatic rings. The molecule has 3 saturated carbocycles. The Bertz CT molecular complexity index is 404. The fourth-order valence-electron chi connectivity index (χ4n) is 5.69. The molecule has 4 fully saturated rings. The Balaban J connectivity index is 1.74. The van der Waals surface area contributed by atoms with E-state index in [1.165, 1.54) is 25.7 Å². The van der Waals surface area contributed by atoms with E-state index in [1.807, 2.05) is 0 Å². The van der Waals surface area contributed by atoms with E-state index in [0.29, 0.717) is 22.7 Å². The number of hydrogen-bond donors (Lipinski definition) is 0. The van der Waals surface area contributed by atoms with Crippen molar-refractivity contribution in [1.29, 1.82) is 0 Å². The van der Waals surface area contributed by atoms with Crippen LogP contribution in [0, 0.1) is 34.5 Å². The number of carbonyl (C=O) groups is 1. The lowest BCUT2D eigenvalue weighted by Crippen LogP contribution is -2.45. The summed E-state index contributed by atoms with van der Waals surface area (Å²) in [6, 6.07) is 0. The van der Waals surface area contributed by atoms with Crippen LogP contribution >= 0.6 is 0 Å². The minimum absolute atomic E-state index is 0.0666. The van der Waals surface area contributed by atoms with Crippen LogP contribution in [0.15, 0.2) is 0 Å². The average molecular weight is 234 g/mol. The zero-order valence-corrected chi connectivity index (χ0v) is 11.0. The number of rotatable bonds is 0. The van der Waals surface area contributed by atoms with Crippen LogP contribution in [0.5, 0.6) is 0 Å². The molecule has 1 heterocycles. The molecule has 2 heteroatoms. The van der Waals surface area contributed by atoms with Crippen LogP contribution in [0.2, 0.25) is 0 Å². The van der Waals surface area contributed by atoms with Crippen molar-refractivity contribution in [2.45, 2.75) is 52.6 Å². The van der Waals surface area contributed by atoms with Crippen molar-refractivity contribution in [3.63, 3.8) is 0 Å². The average Bonchev–Trinajstić information content (AvgIpc) is 2.68. The lowest BCUT2D eigenvalue weighted by Gasteiger charge is -2.46. The van der Waals surface area contributed by atoms with E-state index in [9.17, 15) is 4.79 Å². The summed E-state index contributed by atoms with van der Waals surface area (Å²) in [6.07, 6.45) is 5.51. The summed E-state index contributed by atoms with van der Waals surface area (Å²) in [5, 5.41) is 0. The molecular weight excluding hydrogens is 212 g/mol. The van der Waals surface area contributed by atoms with Crippen LogP contribution < -0.4 is 0 Å². The van der Waals surface area contributed by atoms with E-state index < -0.39 is 0 Å². The maximum atomic E-state index is 11.8. The lowest BCUT2D eigenvalue weighted by molar-refractivity contribution is -0.149. The van der Waals surface area contributed by atoms with Gasteiger partial charge in [0, 0.05) is 11.8 Å². The molecule has 1 aliphatic heterocycles. The Kier molecular flexibility index (Phi) is 1.67. The van der Waals surface area contributed by atoms with Crippen LogP contribution in [-0.2, 0) is 9.53 Å². The van der Waals surface area contributed by atoms with Crippen molar-refractivity contribution >= 4 is 5.97 Å². The zero-order valence-electron chi connectivity index (χ0n) is 11.0. The maximum absolute atomic E-state index is 11.8. The molecular formula is C15H22O2. The van der Waals surface area contributed by atoms with E-state index in [4.69, 9.17) is 4.74 Å². The molecule has 7 atom stereocenters. The van der Waals surface area contributed by atoms with Gasteiger partial charge in [-0.3, -0.25) is 4.79 Å². The second-order valence-electron chi connectivity index (χ2n) is 7.64. The van der Waals surface area contributed by atoms with Gasteiger partial charge in [-0.05, 0) is 42.4 Å². The minimum Gasteiger partial charge on any atom is -0.461 e. The van der Waals surface area contributed by atoms with Crippen molar-refractivity contribution in [1.82, 2.24) is 0 Å². The SMILES string of the molecule is C[C@@H]1C(=O)O[C@@H]2[C@H]1CC[C@]1(C)C[C@H]3C[C@]3(C)[C@@H]21. The lowest BCUT2D eigenvalue weighted by atomic mass is 9.59. The van der Waals surface area contributed by atoms with E-state index in [2.05, 4.69) is 20.8 Å². The Morgan fingerprint density at radius 3 is 2.82 bits per heavy atom. The number of carbonyl (C=O) groups excluding carboxylic acids is 1. The highest BCUT2D eigenvalue weighted by molar-refractivity contribution is 5.75. The van der Waals surface area contributed by atoms with E-state index in [-0.39, 0.29) is 18.0 Å². The van der Waals surface area contributed by atoms with Gasteiger partial charge in [0.2, 0.25) is 0 Å². The second-order valence-corrected chi connectivity index (χ2v) is 7.64. The molecule has 0 N–H and O–H groups in total. The van der Waals surface area contributed by atoms with E-state index in [0.717, 1.165) is 5.92 Å². The standard InChI is InChI=1S/C15H22O2/c1-8-10-4-5-14(2)6-9-7-15(9,3)12(14)11(10)17-13(8)16/h8-12H,4-7H2,1-3H3/t8-,9-,10-,11+,12-,14+,15-/m0/s1. The van der Waals surface area contributed by atoms with Crippen LogP contribution in [0.1, 0.15) is 46.5 Å². The third kappa shape index (κ3) is 1.06. The molecule has 4 aliphatic rings. The highest BCUT2D eigenvalue weighted by Gasteiger charge is 2.72. The first kappa shape index (κ1) is 10.4. The molecule has 1 saturated heterocycles. The largest absolute Gasteiger partial charge is 0.461 e. The van der Waals surface area contributed by atoms with Crippen molar-refractivity contribution in [3.05, 3.63) is 0 Å². The maximum Gasteiger partial charge on any atom is 0.309 e. The van der Waals surface area contributed by atoms with Gasteiger partial charge in [-0.1, -0.05) is 20.8 Å². The predicted molar refractivity (Wildman–Crippen MR) is 64.2 cm³/mol.